The molecule has 144 heavy (non-hydrogen) atoms. The first-order chi connectivity index (χ1) is 69.1. The van der Waals surface area contributed by atoms with Gasteiger partial charge in [0, 0.05) is 27.2 Å². The standard InChI is InChI=1S/C98H174N4O42/c1-7-9-11-13-15-17-19-21-22-23-24-25-26-27-28-29-30-32-34-36-38-40-42-44-66(113)102-57(58(112)43-41-39-37-35-33-31-20-18-16-14-12-10-8-2)51-129-94-82(126)80(124)85(64(50-108)137-94)139-96-83(127)88(75(119)63(49-107)135-96)142-92-68(100-55(5)110)86(73(117)61(47-105)133-92)140-97-84(128)89(76(120)65(138-97)52-130-91-67(99-54(4)109)77(121)71(115)59(45-103)132-91)143-93-69(101-56(6)111)87(74(118)62(48-106)134-93)141-98-90(79(123)72(116)60(46-104)136-98)144-95-81(125)78(122)70(114)53(3)131-95/h21-22,41,43,53,57-65,67-98,103-108,112,114-128H,7-20,23-40,42,44-52H2,1-6H3,(H,99,109)(H,100,110)(H,101,111)(H,102,113)/b22-21-,43-41+/t53?,57-,58+,59?,60?,61?,62?,63?,64?,65?,67?,68?,69?,70+,71+,72-,73+,74+,75-,76-,77+,78?,79-,80+,81-,82?,83?,84?,85+,86+,87+,88-,89-,90?,91+,92-,93-,94+,95+,96-,97-,98-/m0/s1. The molecule has 8 aliphatic heterocycles. The van der Waals surface area contributed by atoms with Gasteiger partial charge >= 0.3 is 0 Å². The van der Waals surface area contributed by atoms with Crippen LogP contribution in [0.5, 0.6) is 0 Å². The van der Waals surface area contributed by atoms with Crippen molar-refractivity contribution >= 4 is 23.6 Å². The lowest BCUT2D eigenvalue weighted by atomic mass is 9.93. The van der Waals surface area contributed by atoms with E-state index in [1.54, 1.807) is 6.08 Å². The van der Waals surface area contributed by atoms with Crippen LogP contribution in [-0.2, 0) is 95.0 Å². The van der Waals surface area contributed by atoms with E-state index in [4.69, 9.17) is 75.8 Å². The number of ether oxygens (including phenoxy) is 16. The Morgan fingerprint density at radius 1 is 0.292 bits per heavy atom. The number of unbranched alkanes of at least 4 members (excludes halogenated alkanes) is 30. The zero-order valence-electron chi connectivity index (χ0n) is 84.3. The molecule has 16 unspecified atom stereocenters. The number of nitrogens with one attached hydrogen (secondary N) is 4. The third-order valence-corrected chi connectivity index (χ3v) is 28.0. The molecule has 838 valence electrons. The van der Waals surface area contributed by atoms with Crippen LogP contribution in [0, 0.1) is 0 Å². The molecule has 0 radical (unpaired) electrons. The van der Waals surface area contributed by atoms with Crippen molar-refractivity contribution < 1.29 is 207 Å². The average Bonchev–Trinajstić information content (AvgIpc) is 0.755. The quantitative estimate of drug-likeness (QED) is 0.0217. The van der Waals surface area contributed by atoms with Crippen LogP contribution >= 0.6 is 0 Å². The van der Waals surface area contributed by atoms with Gasteiger partial charge in [-0.05, 0) is 51.9 Å². The fraction of sp³-hybridized carbons (Fsp3) is 0.918. The number of hydrogen-bond acceptors (Lipinski definition) is 42. The highest BCUT2D eigenvalue weighted by Crippen LogP contribution is 2.41. The van der Waals surface area contributed by atoms with Crippen molar-refractivity contribution in [3.05, 3.63) is 24.3 Å². The number of aliphatic hydroxyl groups excluding tert-OH is 22. The SMILES string of the molecule is CCCCCCCC/C=C\CCCCCCCCCCCCCCCC(=O)N[C@@H](CO[C@@H]1OC(CO)[C@@H](O[C@@H]2OC(CO)[C@H](O)[C@H](O[C@@H]3OC(CO)[C@@H](O)[C@H](O[C@@H]4OC(CO[C@@H]5OC(CO)[C@@H](O)[C@H](O)C5NC(C)=O)[C@H](O)[C@H](O[C@@H]5OC(CO)[C@@H](O)[C@H](O[C@@H]6OC(CO)[C@H](O)[C@H](O)C6O[C@H]6OC(C)[C@@H](O)C(O)[C@@H]6O)C5NC(C)=O)C4O)C3NC(C)=O)C2O)[C@H](O)C1O)[C@H](O)/C=C/CCCCCCCCCCCCC. The summed E-state index contributed by atoms with van der Waals surface area (Å²) < 4.78 is 97.0. The largest absolute Gasteiger partial charge is 0.394 e. The minimum atomic E-state index is -2.53. The first-order valence-electron chi connectivity index (χ1n) is 52.5. The zero-order chi connectivity index (χ0) is 105. The molecule has 4 amide bonds. The number of amides is 4. The summed E-state index contributed by atoms with van der Waals surface area (Å²) in [4.78, 5) is 53.4. The Morgan fingerprint density at radius 2 is 0.618 bits per heavy atom. The van der Waals surface area contributed by atoms with Crippen LogP contribution in [0.15, 0.2) is 24.3 Å². The Hall–Kier alpha value is -4.16. The number of hydrogen-bond donors (Lipinski definition) is 26. The van der Waals surface area contributed by atoms with E-state index in [0.29, 0.717) is 12.8 Å². The number of aliphatic hydroxyl groups is 22. The monoisotopic (exact) mass is 2080 g/mol. The molecule has 0 spiro atoms. The van der Waals surface area contributed by atoms with Gasteiger partial charge in [-0.25, -0.2) is 0 Å². The predicted molar refractivity (Wildman–Crippen MR) is 506 cm³/mol. The minimum absolute atomic E-state index is 0.134. The summed E-state index contributed by atoms with van der Waals surface area (Å²) in [5, 5.41) is 261. The molecule has 0 bridgehead atoms. The summed E-state index contributed by atoms with van der Waals surface area (Å²) in [6.45, 7) is 0.665. The van der Waals surface area contributed by atoms with Gasteiger partial charge in [-0.2, -0.15) is 0 Å². The molecule has 42 atom stereocenters. The molecule has 26 N–H and O–H groups in total. The van der Waals surface area contributed by atoms with Crippen molar-refractivity contribution in [1.29, 1.82) is 0 Å². The first kappa shape index (κ1) is 125. The average molecular weight is 2080 g/mol. The second kappa shape index (κ2) is 66.1. The Kier molecular flexibility index (Phi) is 57.3. The first-order valence-corrected chi connectivity index (χ1v) is 52.5. The van der Waals surface area contributed by atoms with Gasteiger partial charge in [0.2, 0.25) is 23.6 Å². The van der Waals surface area contributed by atoms with Gasteiger partial charge in [-0.15, -0.1) is 0 Å². The van der Waals surface area contributed by atoms with Crippen LogP contribution < -0.4 is 21.3 Å². The highest BCUT2D eigenvalue weighted by Gasteiger charge is 2.61. The summed E-state index contributed by atoms with van der Waals surface area (Å²) in [5.74, 6) is -3.15. The lowest BCUT2D eigenvalue weighted by molar-refractivity contribution is -0.392. The lowest BCUT2D eigenvalue weighted by Gasteiger charge is -2.51. The molecule has 8 saturated heterocycles. The number of allylic oxidation sites excluding steroid dienone is 3. The highest BCUT2D eigenvalue weighted by molar-refractivity contribution is 5.76. The fourth-order valence-corrected chi connectivity index (χ4v) is 19.4. The van der Waals surface area contributed by atoms with Gasteiger partial charge in [0.1, 0.15) is 189 Å². The van der Waals surface area contributed by atoms with Crippen molar-refractivity contribution in [3.63, 3.8) is 0 Å². The Balaban J connectivity index is 0.971. The van der Waals surface area contributed by atoms with Crippen LogP contribution in [0.25, 0.3) is 0 Å². The molecular weight excluding hydrogens is 1910 g/mol. The second-order valence-electron chi connectivity index (χ2n) is 39.5. The zero-order valence-corrected chi connectivity index (χ0v) is 84.3. The van der Waals surface area contributed by atoms with E-state index in [1.165, 1.54) is 142 Å². The molecule has 0 saturated carbocycles. The van der Waals surface area contributed by atoms with Crippen molar-refractivity contribution in [1.82, 2.24) is 21.3 Å². The Bertz CT molecular complexity index is 3580. The summed E-state index contributed by atoms with van der Waals surface area (Å²) in [6, 6.07) is -6.83. The maximum atomic E-state index is 13.7. The Labute approximate surface area is 843 Å². The van der Waals surface area contributed by atoms with Gasteiger partial charge in [0.05, 0.1) is 71.1 Å². The van der Waals surface area contributed by atoms with E-state index < -0.39 is 328 Å². The molecular formula is C98H174N4O42. The molecule has 8 aliphatic rings. The maximum Gasteiger partial charge on any atom is 0.220 e. The molecule has 46 nitrogen and oxygen atoms in total. The molecule has 8 fully saturated rings. The number of carbonyl (C=O) groups excluding carboxylic acids is 4. The van der Waals surface area contributed by atoms with Gasteiger partial charge in [0.25, 0.3) is 0 Å². The third-order valence-electron chi connectivity index (χ3n) is 28.0. The molecule has 0 aromatic carbocycles. The summed E-state index contributed by atoms with van der Waals surface area (Å²) >= 11 is 0. The van der Waals surface area contributed by atoms with Gasteiger partial charge in [0.15, 0.2) is 50.3 Å². The maximum absolute atomic E-state index is 13.7. The van der Waals surface area contributed by atoms with E-state index >= 15 is 0 Å². The van der Waals surface area contributed by atoms with Crippen LogP contribution in [0.3, 0.4) is 0 Å². The van der Waals surface area contributed by atoms with Crippen molar-refractivity contribution in [2.45, 2.75) is 517 Å². The van der Waals surface area contributed by atoms with E-state index in [1.807, 2.05) is 6.08 Å². The molecule has 8 rings (SSSR count). The van der Waals surface area contributed by atoms with Crippen molar-refractivity contribution in [2.75, 3.05) is 52.9 Å². The summed E-state index contributed by atoms with van der Waals surface area (Å²) in [6.07, 6.45) is -30.6. The topological polar surface area (TPSA) is 709 Å². The normalized spacial score (nSPS) is 38.1. The van der Waals surface area contributed by atoms with E-state index in [9.17, 15) is 132 Å². The minimum Gasteiger partial charge on any atom is -0.394 e. The van der Waals surface area contributed by atoms with Gasteiger partial charge in [-0.3, -0.25) is 19.2 Å². The van der Waals surface area contributed by atoms with Gasteiger partial charge < -0.3 is 209 Å². The molecule has 8 heterocycles. The van der Waals surface area contributed by atoms with Crippen LogP contribution in [0.4, 0.5) is 0 Å². The van der Waals surface area contributed by atoms with E-state index in [2.05, 4.69) is 47.3 Å². The van der Waals surface area contributed by atoms with Crippen LogP contribution in [0.1, 0.15) is 260 Å². The second-order valence-corrected chi connectivity index (χ2v) is 39.5. The fourth-order valence-electron chi connectivity index (χ4n) is 19.4. The lowest BCUT2D eigenvalue weighted by Crippen LogP contribution is -2.71. The van der Waals surface area contributed by atoms with Crippen LogP contribution in [-0.4, -0.2) is 446 Å². The third kappa shape index (κ3) is 37.6. The molecule has 0 aromatic rings. The number of carbonyl (C=O) groups is 4. The van der Waals surface area contributed by atoms with E-state index in [0.717, 1.165) is 85.0 Å². The van der Waals surface area contributed by atoms with Crippen LogP contribution in [0.2, 0.25) is 0 Å². The predicted octanol–water partition coefficient (Wildman–Crippen LogP) is -2.71. The molecule has 0 aromatic heterocycles. The molecule has 46 heteroatoms. The highest BCUT2D eigenvalue weighted by atomic mass is 16.8. The van der Waals surface area contributed by atoms with E-state index in [-0.39, 0.29) is 12.3 Å². The smallest absolute Gasteiger partial charge is 0.220 e. The van der Waals surface area contributed by atoms with Crippen molar-refractivity contribution in [2.24, 2.45) is 0 Å². The number of rotatable bonds is 65. The summed E-state index contributed by atoms with van der Waals surface area (Å²) in [7, 11) is 0. The Morgan fingerprint density at radius 3 is 1.07 bits per heavy atom. The van der Waals surface area contributed by atoms with Gasteiger partial charge in [-0.1, -0.05) is 205 Å². The summed E-state index contributed by atoms with van der Waals surface area (Å²) in [5.41, 5.74) is 0. The van der Waals surface area contributed by atoms with Crippen molar-refractivity contribution in [3.8, 4) is 0 Å². The molecule has 0 aliphatic carbocycles.